The summed E-state index contributed by atoms with van der Waals surface area (Å²) in [6.07, 6.45) is 5.83. The van der Waals surface area contributed by atoms with Crippen LogP contribution in [0.4, 0.5) is 0 Å². The molecule has 1 aliphatic rings. The van der Waals surface area contributed by atoms with Gasteiger partial charge in [-0.3, -0.25) is 4.57 Å². The minimum absolute atomic E-state index is 0.0630. The highest BCUT2D eigenvalue weighted by molar-refractivity contribution is 7.71. The predicted molar refractivity (Wildman–Crippen MR) is 61.5 cm³/mol. The molecule has 0 aliphatic carbocycles. The van der Waals surface area contributed by atoms with Gasteiger partial charge in [0, 0.05) is 0 Å². The van der Waals surface area contributed by atoms with Gasteiger partial charge in [-0.2, -0.15) is 0 Å². The fourth-order valence-electron chi connectivity index (χ4n) is 2.08. The highest BCUT2D eigenvalue weighted by Gasteiger charge is 2.24. The minimum Gasteiger partial charge on any atom is -0.355 e. The number of nitrogens with zero attached hydrogens (tertiary/aromatic N) is 3. The maximum absolute atomic E-state index is 5.80. The van der Waals surface area contributed by atoms with Crippen molar-refractivity contribution >= 4 is 23.4 Å². The van der Waals surface area contributed by atoms with Crippen LogP contribution in [-0.4, -0.2) is 25.6 Å². The molecule has 0 saturated carbocycles. The van der Waals surface area contributed by atoms with Crippen molar-refractivity contribution in [3.8, 4) is 0 Å². The molecular weight excluding hydrogens is 224 g/mol. The van der Waals surface area contributed by atoms with Gasteiger partial charge in [-0.15, -0.1) is 0 Å². The number of hydrogen-bond acceptors (Lipinski definition) is 4. The monoisotopic (exact) mass is 236 g/mol. The summed E-state index contributed by atoms with van der Waals surface area (Å²) in [6, 6.07) is 0. The fraction of sp³-hybridized carbons (Fsp3) is 0.500. The van der Waals surface area contributed by atoms with Crippen LogP contribution in [0.15, 0.2) is 12.7 Å². The first-order chi connectivity index (χ1) is 7.75. The van der Waals surface area contributed by atoms with Gasteiger partial charge in [0.15, 0.2) is 4.64 Å². The van der Waals surface area contributed by atoms with E-state index in [4.69, 9.17) is 17.0 Å². The van der Waals surface area contributed by atoms with Crippen molar-refractivity contribution in [2.24, 2.45) is 0 Å². The van der Waals surface area contributed by atoms with Crippen LogP contribution in [0.5, 0.6) is 0 Å². The number of H-pyrrole nitrogens is 1. The molecule has 6 heteroatoms. The van der Waals surface area contributed by atoms with E-state index in [9.17, 15) is 0 Å². The number of ether oxygens (including phenoxy) is 1. The van der Waals surface area contributed by atoms with E-state index in [0.717, 1.165) is 24.0 Å². The number of rotatable bonds is 1. The van der Waals surface area contributed by atoms with Crippen molar-refractivity contribution in [2.75, 3.05) is 0 Å². The number of fused-ring (bicyclic) bond motifs is 1. The van der Waals surface area contributed by atoms with E-state index in [0.29, 0.717) is 10.7 Å². The number of aromatic nitrogens is 4. The van der Waals surface area contributed by atoms with Crippen molar-refractivity contribution in [3.05, 3.63) is 17.3 Å². The Balaban J connectivity index is 2.11. The summed E-state index contributed by atoms with van der Waals surface area (Å²) in [4.78, 5) is 11.4. The molecule has 0 radical (unpaired) electrons. The average Bonchev–Trinajstić information content (AvgIpc) is 2.84. The van der Waals surface area contributed by atoms with E-state index in [1.165, 1.54) is 0 Å². The molecule has 1 saturated heterocycles. The fourth-order valence-corrected chi connectivity index (χ4v) is 2.28. The van der Waals surface area contributed by atoms with Gasteiger partial charge in [0.2, 0.25) is 0 Å². The Hall–Kier alpha value is -1.27. The molecule has 1 fully saturated rings. The molecule has 2 aromatic heterocycles. The summed E-state index contributed by atoms with van der Waals surface area (Å²) in [5.41, 5.74) is 1.62. The molecule has 0 unspecified atom stereocenters. The van der Waals surface area contributed by atoms with Gasteiger partial charge >= 0.3 is 0 Å². The first kappa shape index (κ1) is 9.92. The highest BCUT2D eigenvalue weighted by Crippen LogP contribution is 2.29. The quantitative estimate of drug-likeness (QED) is 0.771. The molecule has 0 aromatic carbocycles. The van der Waals surface area contributed by atoms with E-state index < -0.39 is 0 Å². The standard InChI is InChI=1S/C10H12N4OS/c1-6-2-3-7(15-6)14-5-13-8-9(14)11-4-12-10(8)16/h4-7H,2-3H2,1H3,(H,11,12,16)/t6-,7+/m1/s1. The summed E-state index contributed by atoms with van der Waals surface area (Å²) in [5.74, 6) is 0. The third-order valence-electron chi connectivity index (χ3n) is 2.90. The summed E-state index contributed by atoms with van der Waals surface area (Å²) < 4.78 is 8.32. The third-order valence-corrected chi connectivity index (χ3v) is 3.20. The van der Waals surface area contributed by atoms with E-state index in [1.807, 2.05) is 4.57 Å². The van der Waals surface area contributed by atoms with Crippen molar-refractivity contribution < 1.29 is 4.74 Å². The van der Waals surface area contributed by atoms with Crippen LogP contribution in [0.25, 0.3) is 11.2 Å². The maximum Gasteiger partial charge on any atom is 0.157 e. The lowest BCUT2D eigenvalue weighted by Crippen LogP contribution is -2.08. The molecule has 3 heterocycles. The van der Waals surface area contributed by atoms with Crippen molar-refractivity contribution in [1.82, 2.24) is 19.5 Å². The molecule has 5 nitrogen and oxygen atoms in total. The Labute approximate surface area is 97.5 Å². The van der Waals surface area contributed by atoms with Gasteiger partial charge in [-0.1, -0.05) is 12.2 Å². The molecule has 1 N–H and O–H groups in total. The zero-order valence-corrected chi connectivity index (χ0v) is 9.70. The van der Waals surface area contributed by atoms with Crippen LogP contribution in [-0.2, 0) is 4.74 Å². The van der Waals surface area contributed by atoms with Gasteiger partial charge in [0.05, 0.1) is 18.8 Å². The molecule has 2 aromatic rings. The van der Waals surface area contributed by atoms with Crippen LogP contribution in [0.2, 0.25) is 0 Å². The first-order valence-electron chi connectivity index (χ1n) is 5.31. The van der Waals surface area contributed by atoms with Crippen LogP contribution in [0.1, 0.15) is 26.0 Å². The Bertz CT molecular complexity index is 575. The second kappa shape index (κ2) is 3.64. The van der Waals surface area contributed by atoms with Gasteiger partial charge in [-0.25, -0.2) is 9.97 Å². The summed E-state index contributed by atoms with van der Waals surface area (Å²) in [6.45, 7) is 2.09. The molecule has 0 amide bonds. The van der Waals surface area contributed by atoms with Crippen molar-refractivity contribution in [1.29, 1.82) is 0 Å². The van der Waals surface area contributed by atoms with Crippen LogP contribution >= 0.6 is 12.2 Å². The number of imidazole rings is 1. The van der Waals surface area contributed by atoms with Crippen LogP contribution in [0.3, 0.4) is 0 Å². The second-order valence-electron chi connectivity index (χ2n) is 4.04. The molecule has 16 heavy (non-hydrogen) atoms. The number of aromatic amines is 1. The lowest BCUT2D eigenvalue weighted by Gasteiger charge is -2.13. The predicted octanol–water partition coefficient (Wildman–Crippen LogP) is 2.19. The highest BCUT2D eigenvalue weighted by atomic mass is 32.1. The van der Waals surface area contributed by atoms with Gasteiger partial charge < -0.3 is 9.72 Å². The molecule has 0 bridgehead atoms. The smallest absolute Gasteiger partial charge is 0.157 e. The Morgan fingerprint density at radius 1 is 1.50 bits per heavy atom. The molecule has 0 spiro atoms. The summed E-state index contributed by atoms with van der Waals surface area (Å²) in [5, 5.41) is 0. The zero-order chi connectivity index (χ0) is 11.1. The lowest BCUT2D eigenvalue weighted by atomic mass is 10.2. The summed E-state index contributed by atoms with van der Waals surface area (Å²) in [7, 11) is 0. The topological polar surface area (TPSA) is 55.7 Å². The minimum atomic E-state index is 0.0630. The molecule has 1 aliphatic heterocycles. The Morgan fingerprint density at radius 3 is 3.12 bits per heavy atom. The molecule has 2 atom stereocenters. The Morgan fingerprint density at radius 2 is 2.38 bits per heavy atom. The van der Waals surface area contributed by atoms with E-state index in [2.05, 4.69) is 21.9 Å². The lowest BCUT2D eigenvalue weighted by molar-refractivity contribution is 0.0131. The zero-order valence-electron chi connectivity index (χ0n) is 8.88. The molecule has 84 valence electrons. The normalized spacial score (nSPS) is 25.3. The van der Waals surface area contributed by atoms with Gasteiger partial charge in [-0.05, 0) is 19.8 Å². The largest absolute Gasteiger partial charge is 0.355 e. The van der Waals surface area contributed by atoms with Crippen molar-refractivity contribution in [3.63, 3.8) is 0 Å². The van der Waals surface area contributed by atoms with E-state index in [-0.39, 0.29) is 6.23 Å². The third kappa shape index (κ3) is 1.45. The van der Waals surface area contributed by atoms with E-state index in [1.54, 1.807) is 12.7 Å². The summed E-state index contributed by atoms with van der Waals surface area (Å²) >= 11 is 5.12. The first-order valence-corrected chi connectivity index (χ1v) is 5.72. The van der Waals surface area contributed by atoms with Crippen LogP contribution in [0, 0.1) is 4.64 Å². The number of nitrogens with one attached hydrogen (secondary N) is 1. The molecular formula is C10H12N4OS. The SMILES string of the molecule is C[C@@H]1CC[C@@H](n2cnc3c(=S)nc[nH]c32)O1. The van der Waals surface area contributed by atoms with Gasteiger partial charge in [0.25, 0.3) is 0 Å². The number of hydrogen-bond donors (Lipinski definition) is 1. The van der Waals surface area contributed by atoms with Crippen molar-refractivity contribution in [2.45, 2.75) is 32.1 Å². The van der Waals surface area contributed by atoms with Gasteiger partial charge in [0.1, 0.15) is 17.4 Å². The molecule has 3 rings (SSSR count). The average molecular weight is 236 g/mol. The second-order valence-corrected chi connectivity index (χ2v) is 4.42. The van der Waals surface area contributed by atoms with Crippen LogP contribution < -0.4 is 0 Å². The maximum atomic E-state index is 5.80. The van der Waals surface area contributed by atoms with E-state index >= 15 is 0 Å². The Kier molecular flexibility index (Phi) is 2.26.